The Labute approximate surface area is 279 Å². The third-order valence-electron chi connectivity index (χ3n) is 9.66. The number of hydrogen-bond donors (Lipinski definition) is 0. The molecule has 2 saturated heterocycles. The van der Waals surface area contributed by atoms with Gasteiger partial charge in [0.15, 0.2) is 0 Å². The van der Waals surface area contributed by atoms with Crippen molar-refractivity contribution in [1.82, 2.24) is 19.8 Å². The summed E-state index contributed by atoms with van der Waals surface area (Å²) in [5, 5.41) is 0. The summed E-state index contributed by atoms with van der Waals surface area (Å²) in [5.74, 6) is -0.390. The number of benzene rings is 2. The van der Waals surface area contributed by atoms with Crippen LogP contribution in [0.25, 0.3) is 11.3 Å². The van der Waals surface area contributed by atoms with Crippen molar-refractivity contribution in [3.8, 4) is 22.8 Å². The fourth-order valence-corrected chi connectivity index (χ4v) is 7.10. The second-order valence-electron chi connectivity index (χ2n) is 12.5. The van der Waals surface area contributed by atoms with E-state index in [1.165, 1.54) is 18.2 Å². The zero-order valence-electron chi connectivity index (χ0n) is 27.3. The van der Waals surface area contributed by atoms with Crippen molar-refractivity contribution in [2.45, 2.75) is 38.4 Å². The molecule has 4 aromatic rings. The minimum atomic E-state index is -0.711. The first-order chi connectivity index (χ1) is 23.4. The van der Waals surface area contributed by atoms with Gasteiger partial charge in [0.1, 0.15) is 23.1 Å². The lowest BCUT2D eigenvalue weighted by atomic mass is 9.98. The van der Waals surface area contributed by atoms with Gasteiger partial charge in [0, 0.05) is 56.0 Å². The van der Waals surface area contributed by atoms with Gasteiger partial charge in [-0.2, -0.15) is 0 Å². The molecule has 2 fully saturated rings. The summed E-state index contributed by atoms with van der Waals surface area (Å²) in [6.45, 7) is 5.99. The Hall–Kier alpha value is -4.61. The van der Waals surface area contributed by atoms with E-state index in [1.54, 1.807) is 31.3 Å². The van der Waals surface area contributed by atoms with Crippen LogP contribution in [0.5, 0.6) is 11.5 Å². The fourth-order valence-electron chi connectivity index (χ4n) is 7.10. The molecule has 0 unspecified atom stereocenters. The van der Waals surface area contributed by atoms with E-state index in [2.05, 4.69) is 20.9 Å². The van der Waals surface area contributed by atoms with Crippen LogP contribution >= 0.6 is 0 Å². The zero-order valence-corrected chi connectivity index (χ0v) is 27.3. The Morgan fingerprint density at radius 1 is 0.896 bits per heavy atom. The number of rotatable bonds is 9. The summed E-state index contributed by atoms with van der Waals surface area (Å²) in [6, 6.07) is 15.5. The molecular formula is C37H39F2N5O4. The minimum Gasteiger partial charge on any atom is -0.497 e. The topological polar surface area (TPSA) is 80.3 Å². The molecule has 11 heteroatoms. The first-order valence-electron chi connectivity index (χ1n) is 16.4. The van der Waals surface area contributed by atoms with E-state index >= 15 is 0 Å². The van der Waals surface area contributed by atoms with Crippen molar-refractivity contribution in [3.63, 3.8) is 0 Å². The van der Waals surface area contributed by atoms with Gasteiger partial charge >= 0.3 is 0 Å². The van der Waals surface area contributed by atoms with Crippen molar-refractivity contribution in [2.75, 3.05) is 58.5 Å². The highest BCUT2D eigenvalue weighted by Gasteiger charge is 2.33. The number of carbonyl (C=O) groups is 1. The number of nitrogens with zero attached hydrogens (tertiary/aromatic N) is 5. The molecular weight excluding hydrogens is 616 g/mol. The smallest absolute Gasteiger partial charge is 0.256 e. The second kappa shape index (κ2) is 13.9. The standard InChI is InChI=1S/C37H39F2N5O4/c1-46-29-9-6-24(34(20-29)47-2)22-44-23-33-35(37(44)45)25(19-32(41-33)36-30(38)4-3-5-31(36)39)18-26-7-8-28(21-40-26)42-12-10-27(11-13-42)43-14-16-48-17-15-43/h3-9,19-21,27H,10-18,22-23H2,1-2H3. The molecule has 5 heterocycles. The Morgan fingerprint density at radius 2 is 1.67 bits per heavy atom. The zero-order chi connectivity index (χ0) is 33.2. The Bertz CT molecular complexity index is 1770. The normalized spacial score (nSPS) is 17.1. The van der Waals surface area contributed by atoms with E-state index in [9.17, 15) is 13.6 Å². The SMILES string of the molecule is COc1ccc(CN2Cc3nc(-c4c(F)cccc4F)cc(Cc4ccc(N5CCC(N6CCOCC6)CC5)cn4)c3C2=O)c(OC)c1. The van der Waals surface area contributed by atoms with Gasteiger partial charge in [-0.3, -0.25) is 14.7 Å². The van der Waals surface area contributed by atoms with E-state index in [4.69, 9.17) is 19.2 Å². The van der Waals surface area contributed by atoms with E-state index in [0.717, 1.165) is 69.2 Å². The molecule has 3 aliphatic heterocycles. The molecule has 48 heavy (non-hydrogen) atoms. The van der Waals surface area contributed by atoms with Gasteiger partial charge in [-0.15, -0.1) is 0 Å². The van der Waals surface area contributed by atoms with Crippen LogP contribution in [0.2, 0.25) is 0 Å². The molecule has 0 saturated carbocycles. The van der Waals surface area contributed by atoms with Crippen molar-refractivity contribution >= 4 is 11.6 Å². The number of morpholine rings is 1. The van der Waals surface area contributed by atoms with E-state index in [1.807, 2.05) is 24.4 Å². The lowest BCUT2D eigenvalue weighted by Crippen LogP contribution is -2.49. The predicted octanol–water partition coefficient (Wildman–Crippen LogP) is 5.49. The summed E-state index contributed by atoms with van der Waals surface area (Å²) in [5.41, 5.74) is 4.08. The Morgan fingerprint density at radius 3 is 2.35 bits per heavy atom. The molecule has 2 aromatic carbocycles. The molecule has 0 aliphatic carbocycles. The molecule has 3 aliphatic rings. The van der Waals surface area contributed by atoms with Gasteiger partial charge in [-0.05, 0) is 60.9 Å². The molecule has 0 spiro atoms. The van der Waals surface area contributed by atoms with E-state index in [-0.39, 0.29) is 30.3 Å². The van der Waals surface area contributed by atoms with E-state index < -0.39 is 11.6 Å². The quantitative estimate of drug-likeness (QED) is 0.235. The number of aromatic nitrogens is 2. The number of methoxy groups -OCH3 is 2. The van der Waals surface area contributed by atoms with E-state index in [0.29, 0.717) is 40.8 Å². The van der Waals surface area contributed by atoms with Crippen molar-refractivity contribution < 1.29 is 27.8 Å². The summed E-state index contributed by atoms with van der Waals surface area (Å²) in [4.78, 5) is 30.0. The molecule has 250 valence electrons. The molecule has 9 nitrogen and oxygen atoms in total. The highest BCUT2D eigenvalue weighted by molar-refractivity contribution is 5.99. The number of amides is 1. The monoisotopic (exact) mass is 655 g/mol. The van der Waals surface area contributed by atoms with Gasteiger partial charge < -0.3 is 24.0 Å². The highest BCUT2D eigenvalue weighted by atomic mass is 19.1. The van der Waals surface area contributed by atoms with Gasteiger partial charge in [0.05, 0.1) is 74.9 Å². The lowest BCUT2D eigenvalue weighted by molar-refractivity contribution is 0.0115. The van der Waals surface area contributed by atoms with Gasteiger partial charge in [-0.1, -0.05) is 6.07 Å². The second-order valence-corrected chi connectivity index (χ2v) is 12.5. The largest absolute Gasteiger partial charge is 0.497 e. The van der Waals surface area contributed by atoms with Crippen LogP contribution in [0.15, 0.2) is 60.8 Å². The maximum absolute atomic E-state index is 15.0. The summed E-state index contributed by atoms with van der Waals surface area (Å²) in [7, 11) is 3.15. The Balaban J connectivity index is 1.14. The molecule has 1 amide bonds. The lowest BCUT2D eigenvalue weighted by Gasteiger charge is -2.40. The number of ether oxygens (including phenoxy) is 3. The number of hydrogen-bond acceptors (Lipinski definition) is 8. The molecule has 2 aromatic heterocycles. The van der Waals surface area contributed by atoms with Gasteiger partial charge in [-0.25, -0.2) is 13.8 Å². The predicted molar refractivity (Wildman–Crippen MR) is 177 cm³/mol. The summed E-state index contributed by atoms with van der Waals surface area (Å²) < 4.78 is 46.4. The average molecular weight is 656 g/mol. The number of carbonyl (C=O) groups excluding carboxylic acids is 1. The van der Waals surface area contributed by atoms with Crippen molar-refractivity contribution in [2.24, 2.45) is 0 Å². The van der Waals surface area contributed by atoms with Crippen LogP contribution in [-0.2, 0) is 24.2 Å². The third kappa shape index (κ3) is 6.44. The maximum Gasteiger partial charge on any atom is 0.256 e. The first kappa shape index (κ1) is 32.0. The minimum absolute atomic E-state index is 0.149. The number of halogens is 2. The molecule has 0 atom stereocenters. The Kier molecular flexibility index (Phi) is 9.23. The molecule has 0 bridgehead atoms. The maximum atomic E-state index is 15.0. The summed E-state index contributed by atoms with van der Waals surface area (Å²) in [6.07, 6.45) is 4.38. The first-order valence-corrected chi connectivity index (χ1v) is 16.4. The van der Waals surface area contributed by atoms with Crippen LogP contribution < -0.4 is 14.4 Å². The van der Waals surface area contributed by atoms with Gasteiger partial charge in [0.2, 0.25) is 0 Å². The third-order valence-corrected chi connectivity index (χ3v) is 9.66. The van der Waals surface area contributed by atoms with Crippen molar-refractivity contribution in [3.05, 3.63) is 101 Å². The number of anilines is 1. The highest BCUT2D eigenvalue weighted by Crippen LogP contribution is 2.35. The molecule has 0 radical (unpaired) electrons. The van der Waals surface area contributed by atoms with Crippen LogP contribution in [0.1, 0.15) is 45.7 Å². The molecule has 7 rings (SSSR count). The number of piperidine rings is 1. The summed E-state index contributed by atoms with van der Waals surface area (Å²) >= 11 is 0. The number of fused-ring (bicyclic) bond motifs is 1. The van der Waals surface area contributed by atoms with Gasteiger partial charge in [0.25, 0.3) is 5.91 Å². The molecule has 0 N–H and O–H groups in total. The van der Waals surface area contributed by atoms with Crippen LogP contribution in [-0.4, -0.2) is 85.3 Å². The fraction of sp³-hybridized carbons (Fsp3) is 0.378. The van der Waals surface area contributed by atoms with Crippen molar-refractivity contribution in [1.29, 1.82) is 0 Å². The van der Waals surface area contributed by atoms with Crippen LogP contribution in [0, 0.1) is 11.6 Å². The van der Waals surface area contributed by atoms with Crippen LogP contribution in [0.4, 0.5) is 14.5 Å². The van der Waals surface area contributed by atoms with Crippen LogP contribution in [0.3, 0.4) is 0 Å². The number of pyridine rings is 2. The average Bonchev–Trinajstić information content (AvgIpc) is 3.43.